The van der Waals surface area contributed by atoms with E-state index in [9.17, 15) is 9.59 Å². The highest BCUT2D eigenvalue weighted by molar-refractivity contribution is 6.35. The van der Waals surface area contributed by atoms with Gasteiger partial charge in [0.15, 0.2) is 6.61 Å². The Morgan fingerprint density at radius 3 is 2.50 bits per heavy atom. The number of ether oxygens (including phenoxy) is 2. The van der Waals surface area contributed by atoms with Crippen molar-refractivity contribution in [2.24, 2.45) is 0 Å². The average molecular weight is 470 g/mol. The smallest absolute Gasteiger partial charge is 0.342 e. The first-order chi connectivity index (χ1) is 15.5. The van der Waals surface area contributed by atoms with Crippen LogP contribution in [0.3, 0.4) is 0 Å². The molecular formula is C25H21Cl2NO4. The van der Waals surface area contributed by atoms with Crippen molar-refractivity contribution in [1.29, 1.82) is 0 Å². The summed E-state index contributed by atoms with van der Waals surface area (Å²) in [5.41, 5.74) is 3.35. The van der Waals surface area contributed by atoms with Crippen LogP contribution in [0.25, 0.3) is 0 Å². The highest BCUT2D eigenvalue weighted by atomic mass is 35.5. The van der Waals surface area contributed by atoms with E-state index in [-0.39, 0.29) is 24.7 Å². The first kappa shape index (κ1) is 22.2. The molecular weight excluding hydrogens is 449 g/mol. The number of hydrogen-bond donors (Lipinski definition) is 0. The molecule has 0 radical (unpaired) electrons. The third-order valence-electron chi connectivity index (χ3n) is 5.32. The zero-order chi connectivity index (χ0) is 22.5. The zero-order valence-electron chi connectivity index (χ0n) is 17.2. The largest absolute Gasteiger partial charge is 0.488 e. The Labute approximate surface area is 196 Å². The molecule has 1 aliphatic heterocycles. The van der Waals surface area contributed by atoms with Crippen LogP contribution in [0, 0.1) is 0 Å². The van der Waals surface area contributed by atoms with Gasteiger partial charge in [0.05, 0.1) is 0 Å². The quantitative estimate of drug-likeness (QED) is 0.458. The lowest BCUT2D eigenvalue weighted by Crippen LogP contribution is -2.38. The van der Waals surface area contributed by atoms with E-state index in [1.54, 1.807) is 47.4 Å². The van der Waals surface area contributed by atoms with Gasteiger partial charge in [-0.1, -0.05) is 65.7 Å². The monoisotopic (exact) mass is 469 g/mol. The van der Waals surface area contributed by atoms with Crippen LogP contribution in [0.2, 0.25) is 10.0 Å². The molecule has 0 spiro atoms. The van der Waals surface area contributed by atoms with Gasteiger partial charge in [-0.25, -0.2) is 4.79 Å². The molecule has 0 N–H and O–H groups in total. The Morgan fingerprint density at radius 1 is 0.938 bits per heavy atom. The summed E-state index contributed by atoms with van der Waals surface area (Å²) in [7, 11) is 0. The molecule has 0 aromatic heterocycles. The van der Waals surface area contributed by atoms with Gasteiger partial charge in [0, 0.05) is 28.7 Å². The zero-order valence-corrected chi connectivity index (χ0v) is 18.7. The van der Waals surface area contributed by atoms with E-state index in [1.165, 1.54) is 5.56 Å². The van der Waals surface area contributed by atoms with Crippen LogP contribution in [-0.4, -0.2) is 29.9 Å². The number of halogens is 2. The van der Waals surface area contributed by atoms with Crippen molar-refractivity contribution in [2.75, 3.05) is 13.2 Å². The van der Waals surface area contributed by atoms with Crippen LogP contribution in [0.4, 0.5) is 0 Å². The second-order valence-electron chi connectivity index (χ2n) is 7.43. The Morgan fingerprint density at radius 2 is 1.69 bits per heavy atom. The number of amides is 1. The standard InChI is InChI=1S/C25H21Cl2NO4/c26-20-10-9-19(22(27)13-20)15-31-23-8-4-3-7-21(23)25(30)32-16-24(29)28-12-11-17-5-1-2-6-18(17)14-28/h1-10,13H,11-12,14-16H2. The fraction of sp³-hybridized carbons (Fsp3) is 0.200. The van der Waals surface area contributed by atoms with Crippen molar-refractivity contribution in [1.82, 2.24) is 4.90 Å². The summed E-state index contributed by atoms with van der Waals surface area (Å²) in [6, 6.07) is 19.9. The second kappa shape index (κ2) is 10.1. The first-order valence-electron chi connectivity index (χ1n) is 10.2. The number of benzene rings is 3. The summed E-state index contributed by atoms with van der Waals surface area (Å²) in [5, 5.41) is 1.01. The molecule has 0 bridgehead atoms. The van der Waals surface area contributed by atoms with E-state index in [0.717, 1.165) is 17.5 Å². The van der Waals surface area contributed by atoms with Crippen molar-refractivity contribution in [3.63, 3.8) is 0 Å². The number of esters is 1. The van der Waals surface area contributed by atoms with Gasteiger partial charge in [0.25, 0.3) is 5.91 Å². The maximum Gasteiger partial charge on any atom is 0.342 e. The van der Waals surface area contributed by atoms with Crippen molar-refractivity contribution in [3.05, 3.63) is 99.0 Å². The molecule has 5 nitrogen and oxygen atoms in total. The molecule has 0 atom stereocenters. The van der Waals surface area contributed by atoms with E-state index < -0.39 is 5.97 Å². The van der Waals surface area contributed by atoms with Crippen LogP contribution in [-0.2, 0) is 29.1 Å². The number of para-hydroxylation sites is 1. The van der Waals surface area contributed by atoms with E-state index in [2.05, 4.69) is 6.07 Å². The number of carbonyl (C=O) groups excluding carboxylic acids is 2. The number of rotatable bonds is 6. The molecule has 1 heterocycles. The van der Waals surface area contributed by atoms with Crippen LogP contribution >= 0.6 is 23.2 Å². The Hall–Kier alpha value is -3.02. The molecule has 0 fully saturated rings. The molecule has 1 aliphatic rings. The number of carbonyl (C=O) groups is 2. The molecule has 7 heteroatoms. The van der Waals surface area contributed by atoms with Gasteiger partial charge in [-0.3, -0.25) is 4.79 Å². The van der Waals surface area contributed by atoms with Crippen molar-refractivity contribution < 1.29 is 19.1 Å². The normalized spacial score (nSPS) is 12.8. The molecule has 0 saturated carbocycles. The third kappa shape index (κ3) is 5.23. The lowest BCUT2D eigenvalue weighted by atomic mass is 10.00. The molecule has 0 aliphatic carbocycles. The first-order valence-corrected chi connectivity index (χ1v) is 10.9. The van der Waals surface area contributed by atoms with Crippen molar-refractivity contribution in [2.45, 2.75) is 19.6 Å². The van der Waals surface area contributed by atoms with Gasteiger partial charge >= 0.3 is 5.97 Å². The Kier molecular flexibility index (Phi) is 6.98. The molecule has 32 heavy (non-hydrogen) atoms. The van der Waals surface area contributed by atoms with E-state index in [0.29, 0.717) is 28.9 Å². The maximum absolute atomic E-state index is 12.7. The average Bonchev–Trinajstić information content (AvgIpc) is 2.81. The van der Waals surface area contributed by atoms with Gasteiger partial charge in [0.1, 0.15) is 17.9 Å². The second-order valence-corrected chi connectivity index (χ2v) is 8.27. The van der Waals surface area contributed by atoms with Crippen molar-refractivity contribution >= 4 is 35.1 Å². The van der Waals surface area contributed by atoms with E-state index in [4.69, 9.17) is 32.7 Å². The van der Waals surface area contributed by atoms with Gasteiger partial charge in [-0.05, 0) is 41.8 Å². The molecule has 0 unspecified atom stereocenters. The van der Waals surface area contributed by atoms with Crippen LogP contribution in [0.5, 0.6) is 5.75 Å². The summed E-state index contributed by atoms with van der Waals surface area (Å²) in [4.78, 5) is 27.0. The molecule has 0 saturated heterocycles. The minimum atomic E-state index is -0.617. The van der Waals surface area contributed by atoms with Gasteiger partial charge < -0.3 is 14.4 Å². The van der Waals surface area contributed by atoms with Crippen LogP contribution < -0.4 is 4.74 Å². The SMILES string of the molecule is O=C(OCC(=O)N1CCc2ccccc2C1)c1ccccc1OCc1ccc(Cl)cc1Cl. The van der Waals surface area contributed by atoms with E-state index in [1.807, 2.05) is 18.2 Å². The minimum absolute atomic E-state index is 0.159. The summed E-state index contributed by atoms with van der Waals surface area (Å²) in [5.74, 6) is -0.490. The topological polar surface area (TPSA) is 55.8 Å². The number of nitrogens with zero attached hydrogens (tertiary/aromatic N) is 1. The molecule has 1 amide bonds. The van der Waals surface area contributed by atoms with Crippen molar-refractivity contribution in [3.8, 4) is 5.75 Å². The summed E-state index contributed by atoms with van der Waals surface area (Å²) < 4.78 is 11.1. The predicted octanol–water partition coefficient (Wildman–Crippen LogP) is 5.31. The molecule has 164 valence electrons. The van der Waals surface area contributed by atoms with Gasteiger partial charge in [0.2, 0.25) is 0 Å². The number of hydrogen-bond acceptors (Lipinski definition) is 4. The fourth-order valence-corrected chi connectivity index (χ4v) is 4.02. The lowest BCUT2D eigenvalue weighted by molar-refractivity contribution is -0.135. The fourth-order valence-electron chi connectivity index (χ4n) is 3.56. The summed E-state index contributed by atoms with van der Waals surface area (Å²) >= 11 is 12.1. The molecule has 3 aromatic rings. The predicted molar refractivity (Wildman–Crippen MR) is 123 cm³/mol. The minimum Gasteiger partial charge on any atom is -0.488 e. The third-order valence-corrected chi connectivity index (χ3v) is 5.90. The Bertz CT molecular complexity index is 1150. The van der Waals surface area contributed by atoms with Gasteiger partial charge in [-0.2, -0.15) is 0 Å². The summed E-state index contributed by atoms with van der Waals surface area (Å²) in [6.45, 7) is 0.966. The van der Waals surface area contributed by atoms with Crippen LogP contribution in [0.1, 0.15) is 27.0 Å². The number of fused-ring (bicyclic) bond motifs is 1. The Balaban J connectivity index is 1.36. The highest BCUT2D eigenvalue weighted by Crippen LogP contribution is 2.25. The summed E-state index contributed by atoms with van der Waals surface area (Å²) in [6.07, 6.45) is 0.791. The van der Waals surface area contributed by atoms with Gasteiger partial charge in [-0.15, -0.1) is 0 Å². The van der Waals surface area contributed by atoms with Crippen LogP contribution in [0.15, 0.2) is 66.7 Å². The molecule has 4 rings (SSSR count). The van der Waals surface area contributed by atoms with E-state index >= 15 is 0 Å². The molecule has 3 aromatic carbocycles. The lowest BCUT2D eigenvalue weighted by Gasteiger charge is -2.28. The highest BCUT2D eigenvalue weighted by Gasteiger charge is 2.22. The maximum atomic E-state index is 12.7.